The van der Waals surface area contributed by atoms with E-state index in [2.05, 4.69) is 11.2 Å². The molecule has 1 rings (SSSR count). The third kappa shape index (κ3) is 5.96. The van der Waals surface area contributed by atoms with Gasteiger partial charge in [0.25, 0.3) is 0 Å². The molecule has 1 aromatic carbocycles. The number of terminal acetylenes is 1. The Hall–Kier alpha value is -1.99. The van der Waals surface area contributed by atoms with Gasteiger partial charge in [-0.2, -0.15) is 0 Å². The largest absolute Gasteiger partial charge is 0.444 e. The lowest BCUT2D eigenvalue weighted by molar-refractivity contribution is 0.0417. The highest BCUT2D eigenvalue weighted by molar-refractivity contribution is 5.68. The van der Waals surface area contributed by atoms with Gasteiger partial charge in [-0.3, -0.25) is 0 Å². The molecule has 0 aliphatic carbocycles. The molecule has 1 aromatic rings. The maximum Gasteiger partial charge on any atom is 0.407 e. The number of carbonyl (C=O) groups is 1. The third-order valence-electron chi connectivity index (χ3n) is 3.46. The van der Waals surface area contributed by atoms with E-state index in [1.807, 2.05) is 44.2 Å². The lowest BCUT2D eigenvalue weighted by Gasteiger charge is -2.32. The highest BCUT2D eigenvalue weighted by atomic mass is 16.6. The average Bonchev–Trinajstić information content (AvgIpc) is 2.45. The van der Waals surface area contributed by atoms with Crippen molar-refractivity contribution in [3.05, 3.63) is 35.9 Å². The predicted molar refractivity (Wildman–Crippen MR) is 91.7 cm³/mol. The summed E-state index contributed by atoms with van der Waals surface area (Å²) in [7, 11) is 0. The van der Waals surface area contributed by atoms with Crippen LogP contribution in [0.5, 0.6) is 0 Å². The Kier molecular flexibility index (Phi) is 6.65. The van der Waals surface area contributed by atoms with Crippen LogP contribution in [0.1, 0.15) is 46.3 Å². The molecular formula is C19H27NO3. The number of aliphatic hydroxyl groups is 1. The second-order valence-electron chi connectivity index (χ2n) is 6.96. The number of rotatable bonds is 5. The van der Waals surface area contributed by atoms with Crippen LogP contribution < -0.4 is 5.32 Å². The number of hydrogen-bond donors (Lipinski definition) is 2. The number of amides is 1. The molecule has 0 aliphatic rings. The predicted octanol–water partition coefficient (Wildman–Crippen LogP) is 3.52. The number of carbonyl (C=O) groups excluding carboxylic acids is 1. The van der Waals surface area contributed by atoms with Gasteiger partial charge in [-0.15, -0.1) is 6.42 Å². The summed E-state index contributed by atoms with van der Waals surface area (Å²) in [6, 6.07) is 8.81. The molecule has 0 aromatic heterocycles. The Morgan fingerprint density at radius 1 is 1.26 bits per heavy atom. The van der Waals surface area contributed by atoms with Crippen molar-refractivity contribution in [1.29, 1.82) is 0 Å². The van der Waals surface area contributed by atoms with Crippen molar-refractivity contribution in [3.63, 3.8) is 0 Å². The molecule has 0 saturated heterocycles. The number of ether oxygens (including phenoxy) is 1. The molecule has 0 unspecified atom stereocenters. The Morgan fingerprint density at radius 2 is 1.83 bits per heavy atom. The van der Waals surface area contributed by atoms with Crippen molar-refractivity contribution >= 4 is 6.09 Å². The number of benzene rings is 1. The van der Waals surface area contributed by atoms with Gasteiger partial charge in [0.15, 0.2) is 0 Å². The van der Waals surface area contributed by atoms with E-state index in [4.69, 9.17) is 11.2 Å². The minimum Gasteiger partial charge on any atom is -0.444 e. The van der Waals surface area contributed by atoms with Crippen LogP contribution in [0.25, 0.3) is 0 Å². The molecule has 0 bridgehead atoms. The summed E-state index contributed by atoms with van der Waals surface area (Å²) in [6.45, 7) is 9.30. The van der Waals surface area contributed by atoms with Gasteiger partial charge >= 0.3 is 6.09 Å². The van der Waals surface area contributed by atoms with E-state index in [9.17, 15) is 9.90 Å². The number of aliphatic hydroxyl groups excluding tert-OH is 1. The van der Waals surface area contributed by atoms with E-state index in [0.29, 0.717) is 0 Å². The van der Waals surface area contributed by atoms with E-state index in [1.165, 1.54) is 0 Å². The molecule has 0 heterocycles. The van der Waals surface area contributed by atoms with Gasteiger partial charge < -0.3 is 15.2 Å². The molecule has 0 fully saturated rings. The summed E-state index contributed by atoms with van der Waals surface area (Å²) in [6.07, 6.45) is 4.26. The standard InChI is InChI=1S/C19H27NO3/c1-7-15(17(21)14-11-9-8-10-12-14)16(13(2)3)20-18(22)23-19(4,5)6/h1,8-13,15-17,21H,2-6H3,(H,20,22)/t15-,16+,17-/m1/s1. The number of hydrogen-bond acceptors (Lipinski definition) is 3. The van der Waals surface area contributed by atoms with E-state index < -0.39 is 29.8 Å². The summed E-state index contributed by atoms with van der Waals surface area (Å²) in [4.78, 5) is 12.1. The lowest BCUT2D eigenvalue weighted by Crippen LogP contribution is -2.47. The second-order valence-corrected chi connectivity index (χ2v) is 6.96. The van der Waals surface area contributed by atoms with Crippen LogP contribution in [-0.2, 0) is 4.74 Å². The van der Waals surface area contributed by atoms with Crippen LogP contribution in [0.2, 0.25) is 0 Å². The SMILES string of the molecule is C#C[C@@H]([C@H](O)c1ccccc1)[C@@H](NC(=O)OC(C)(C)C)C(C)C. The quantitative estimate of drug-likeness (QED) is 0.817. The number of nitrogens with one attached hydrogen (secondary N) is 1. The zero-order chi connectivity index (χ0) is 17.6. The van der Waals surface area contributed by atoms with E-state index >= 15 is 0 Å². The van der Waals surface area contributed by atoms with Crippen molar-refractivity contribution < 1.29 is 14.6 Å². The fourth-order valence-corrected chi connectivity index (χ4v) is 2.36. The maximum atomic E-state index is 12.1. The molecule has 0 aliphatic heterocycles. The second kappa shape index (κ2) is 8.03. The first-order valence-corrected chi connectivity index (χ1v) is 7.84. The Labute approximate surface area is 139 Å². The fourth-order valence-electron chi connectivity index (χ4n) is 2.36. The van der Waals surface area contributed by atoms with Crippen molar-refractivity contribution in [2.24, 2.45) is 11.8 Å². The van der Waals surface area contributed by atoms with Gasteiger partial charge in [0, 0.05) is 0 Å². The van der Waals surface area contributed by atoms with Crippen LogP contribution in [0.4, 0.5) is 4.79 Å². The third-order valence-corrected chi connectivity index (χ3v) is 3.46. The Balaban J connectivity index is 2.93. The zero-order valence-electron chi connectivity index (χ0n) is 14.5. The summed E-state index contributed by atoms with van der Waals surface area (Å²) >= 11 is 0. The molecule has 3 atom stereocenters. The molecule has 4 heteroatoms. The Morgan fingerprint density at radius 3 is 2.26 bits per heavy atom. The molecule has 0 radical (unpaired) electrons. The van der Waals surface area contributed by atoms with Crippen molar-refractivity contribution in [2.45, 2.75) is 52.4 Å². The first-order valence-electron chi connectivity index (χ1n) is 7.84. The molecule has 2 N–H and O–H groups in total. The van der Waals surface area contributed by atoms with Gasteiger partial charge in [-0.25, -0.2) is 4.79 Å². The fraction of sp³-hybridized carbons (Fsp3) is 0.526. The maximum absolute atomic E-state index is 12.1. The normalized spacial score (nSPS) is 15.4. The van der Waals surface area contributed by atoms with Crippen LogP contribution in [0, 0.1) is 24.2 Å². The van der Waals surface area contributed by atoms with Gasteiger partial charge in [-0.1, -0.05) is 50.1 Å². The minimum atomic E-state index is -0.858. The van der Waals surface area contributed by atoms with E-state index in [-0.39, 0.29) is 5.92 Å². The molecule has 126 valence electrons. The van der Waals surface area contributed by atoms with Crippen molar-refractivity contribution in [2.75, 3.05) is 0 Å². The summed E-state index contributed by atoms with van der Waals surface area (Å²) in [5.41, 5.74) is 0.141. The molecule has 0 spiro atoms. The summed E-state index contributed by atoms with van der Waals surface area (Å²) < 4.78 is 5.30. The summed E-state index contributed by atoms with van der Waals surface area (Å²) in [5.74, 6) is 2.12. The molecule has 1 amide bonds. The first-order chi connectivity index (χ1) is 10.7. The summed E-state index contributed by atoms with van der Waals surface area (Å²) in [5, 5.41) is 13.4. The van der Waals surface area contributed by atoms with Gasteiger partial charge in [0.2, 0.25) is 0 Å². The smallest absolute Gasteiger partial charge is 0.407 e. The topological polar surface area (TPSA) is 58.6 Å². The van der Waals surface area contributed by atoms with Crippen LogP contribution in [-0.4, -0.2) is 22.8 Å². The monoisotopic (exact) mass is 317 g/mol. The zero-order valence-corrected chi connectivity index (χ0v) is 14.5. The van der Waals surface area contributed by atoms with Crippen molar-refractivity contribution in [1.82, 2.24) is 5.32 Å². The minimum absolute atomic E-state index is 0.0435. The molecule has 4 nitrogen and oxygen atoms in total. The van der Waals surface area contributed by atoms with E-state index in [1.54, 1.807) is 20.8 Å². The highest BCUT2D eigenvalue weighted by Gasteiger charge is 2.32. The molecule has 23 heavy (non-hydrogen) atoms. The van der Waals surface area contributed by atoms with Gasteiger partial charge in [0.05, 0.1) is 18.1 Å². The van der Waals surface area contributed by atoms with E-state index in [0.717, 1.165) is 5.56 Å². The number of alkyl carbamates (subject to hydrolysis) is 1. The Bertz CT molecular complexity index is 540. The van der Waals surface area contributed by atoms with Crippen molar-refractivity contribution in [3.8, 4) is 12.3 Å². The molecule has 0 saturated carbocycles. The lowest BCUT2D eigenvalue weighted by atomic mass is 9.84. The average molecular weight is 317 g/mol. The van der Waals surface area contributed by atoms with Gasteiger partial charge in [0.1, 0.15) is 5.60 Å². The van der Waals surface area contributed by atoms with Gasteiger partial charge in [-0.05, 0) is 32.3 Å². The highest BCUT2D eigenvalue weighted by Crippen LogP contribution is 2.27. The molecular weight excluding hydrogens is 290 g/mol. The van der Waals surface area contributed by atoms with Crippen LogP contribution in [0.3, 0.4) is 0 Å². The van der Waals surface area contributed by atoms with Crippen LogP contribution in [0.15, 0.2) is 30.3 Å². The first kappa shape index (κ1) is 19.1. The van der Waals surface area contributed by atoms with Crippen LogP contribution >= 0.6 is 0 Å².